The minimum Gasteiger partial charge on any atom is -0.392 e. The van der Waals surface area contributed by atoms with Crippen molar-refractivity contribution in [2.75, 3.05) is 7.05 Å². The van der Waals surface area contributed by atoms with Gasteiger partial charge in [-0.2, -0.15) is 11.8 Å². The van der Waals surface area contributed by atoms with Crippen LogP contribution in [0, 0.1) is 5.41 Å². The third-order valence-corrected chi connectivity index (χ3v) is 5.35. The van der Waals surface area contributed by atoms with Crippen molar-refractivity contribution in [2.45, 2.75) is 63.2 Å². The summed E-state index contributed by atoms with van der Waals surface area (Å²) >= 11 is 1.94. The summed E-state index contributed by atoms with van der Waals surface area (Å²) in [6.07, 6.45) is 2.33. The molecule has 3 heteroatoms. The average Bonchev–Trinajstić information content (AvgIpc) is 2.41. The van der Waals surface area contributed by atoms with E-state index >= 15 is 0 Å². The number of aliphatic hydroxyl groups excluding tert-OH is 1. The van der Waals surface area contributed by atoms with Gasteiger partial charge in [-0.1, -0.05) is 20.8 Å². The van der Waals surface area contributed by atoms with Gasteiger partial charge in [-0.05, 0) is 32.2 Å². The Bertz CT molecular complexity index is 206. The van der Waals surface area contributed by atoms with Crippen molar-refractivity contribution in [3.8, 4) is 0 Å². The molecule has 0 spiro atoms. The Morgan fingerprint density at radius 1 is 1.40 bits per heavy atom. The van der Waals surface area contributed by atoms with Crippen molar-refractivity contribution in [2.24, 2.45) is 5.41 Å². The van der Waals surface area contributed by atoms with E-state index in [1.807, 2.05) is 18.7 Å². The van der Waals surface area contributed by atoms with Crippen LogP contribution in [0.4, 0.5) is 0 Å². The Morgan fingerprint density at radius 3 is 2.47 bits per heavy atom. The molecule has 1 aliphatic rings. The van der Waals surface area contributed by atoms with Crippen LogP contribution in [0.2, 0.25) is 0 Å². The molecule has 1 saturated carbocycles. The maximum atomic E-state index is 9.53. The predicted molar refractivity (Wildman–Crippen MR) is 68.4 cm³/mol. The molecule has 90 valence electrons. The molecule has 0 saturated heterocycles. The fourth-order valence-corrected chi connectivity index (χ4v) is 4.15. The second kappa shape index (κ2) is 5.07. The summed E-state index contributed by atoms with van der Waals surface area (Å²) < 4.78 is 0. The van der Waals surface area contributed by atoms with Crippen molar-refractivity contribution in [3.05, 3.63) is 0 Å². The first-order valence-corrected chi connectivity index (χ1v) is 6.83. The van der Waals surface area contributed by atoms with Crippen LogP contribution < -0.4 is 5.32 Å². The highest BCUT2D eigenvalue weighted by atomic mass is 32.2. The van der Waals surface area contributed by atoms with Crippen molar-refractivity contribution < 1.29 is 5.11 Å². The molecule has 1 rings (SSSR count). The van der Waals surface area contributed by atoms with Gasteiger partial charge in [0.05, 0.1) is 6.10 Å². The van der Waals surface area contributed by atoms with E-state index in [-0.39, 0.29) is 6.10 Å². The summed E-state index contributed by atoms with van der Waals surface area (Å²) in [5.41, 5.74) is 0.394. The first-order valence-electron chi connectivity index (χ1n) is 5.89. The molecular formula is C12H25NOS. The molecule has 0 bridgehead atoms. The molecular weight excluding hydrogens is 206 g/mol. The van der Waals surface area contributed by atoms with Crippen molar-refractivity contribution in [1.29, 1.82) is 0 Å². The van der Waals surface area contributed by atoms with E-state index in [0.717, 1.165) is 0 Å². The van der Waals surface area contributed by atoms with Crippen LogP contribution in [-0.2, 0) is 0 Å². The van der Waals surface area contributed by atoms with Gasteiger partial charge in [0, 0.05) is 16.5 Å². The Labute approximate surface area is 98.2 Å². The molecule has 4 atom stereocenters. The lowest BCUT2D eigenvalue weighted by Crippen LogP contribution is -2.42. The molecule has 1 fully saturated rings. The predicted octanol–water partition coefficient (Wildman–Crippen LogP) is 2.27. The molecule has 0 heterocycles. The largest absolute Gasteiger partial charge is 0.392 e. The van der Waals surface area contributed by atoms with E-state index in [1.54, 1.807) is 0 Å². The highest BCUT2D eigenvalue weighted by Gasteiger charge is 2.41. The Balaban J connectivity index is 2.57. The molecule has 1 aliphatic carbocycles. The lowest BCUT2D eigenvalue weighted by Gasteiger charge is -2.31. The summed E-state index contributed by atoms with van der Waals surface area (Å²) in [5.74, 6) is 0. The van der Waals surface area contributed by atoms with E-state index < -0.39 is 0 Å². The topological polar surface area (TPSA) is 32.3 Å². The second-order valence-electron chi connectivity index (χ2n) is 5.41. The zero-order chi connectivity index (χ0) is 11.6. The molecule has 0 aromatic carbocycles. The Morgan fingerprint density at radius 2 is 2.00 bits per heavy atom. The van der Waals surface area contributed by atoms with Crippen LogP contribution in [0.1, 0.15) is 40.5 Å². The van der Waals surface area contributed by atoms with Crippen LogP contribution in [-0.4, -0.2) is 34.8 Å². The molecule has 4 unspecified atom stereocenters. The van der Waals surface area contributed by atoms with E-state index in [9.17, 15) is 5.11 Å². The van der Waals surface area contributed by atoms with E-state index in [0.29, 0.717) is 22.0 Å². The van der Waals surface area contributed by atoms with Gasteiger partial charge in [0.25, 0.3) is 0 Å². The minimum atomic E-state index is -0.212. The summed E-state index contributed by atoms with van der Waals surface area (Å²) in [7, 11) is 2.05. The van der Waals surface area contributed by atoms with Crippen LogP contribution in [0.25, 0.3) is 0 Å². The second-order valence-corrected chi connectivity index (χ2v) is 7.04. The highest BCUT2D eigenvalue weighted by Crippen LogP contribution is 2.44. The van der Waals surface area contributed by atoms with Crippen LogP contribution in [0.5, 0.6) is 0 Å². The normalized spacial score (nSPS) is 34.0. The van der Waals surface area contributed by atoms with Crippen LogP contribution in [0.15, 0.2) is 0 Å². The van der Waals surface area contributed by atoms with E-state index in [1.165, 1.54) is 12.8 Å². The third-order valence-electron chi connectivity index (χ3n) is 3.67. The van der Waals surface area contributed by atoms with Gasteiger partial charge in [-0.15, -0.1) is 0 Å². The molecule has 0 aromatic rings. The molecule has 0 radical (unpaired) electrons. The Kier molecular flexibility index (Phi) is 4.50. The first kappa shape index (κ1) is 13.3. The minimum absolute atomic E-state index is 0.212. The fraction of sp³-hybridized carbons (Fsp3) is 1.00. The van der Waals surface area contributed by atoms with Gasteiger partial charge < -0.3 is 10.4 Å². The highest BCUT2D eigenvalue weighted by molar-refractivity contribution is 8.00. The number of aliphatic hydroxyl groups is 1. The maximum absolute atomic E-state index is 9.53. The number of nitrogens with one attached hydrogen (secondary N) is 1. The van der Waals surface area contributed by atoms with Gasteiger partial charge in [0.15, 0.2) is 0 Å². The fourth-order valence-electron chi connectivity index (χ4n) is 2.45. The molecule has 2 N–H and O–H groups in total. The summed E-state index contributed by atoms with van der Waals surface area (Å²) in [5, 5.41) is 14.0. The van der Waals surface area contributed by atoms with Crippen LogP contribution >= 0.6 is 11.8 Å². The third kappa shape index (κ3) is 3.11. The van der Waals surface area contributed by atoms with Gasteiger partial charge >= 0.3 is 0 Å². The SMILES string of the molecule is CNC1C(SC(C)C(C)O)CCC1(C)C. The maximum Gasteiger partial charge on any atom is 0.0628 e. The molecule has 2 nitrogen and oxygen atoms in total. The monoisotopic (exact) mass is 231 g/mol. The van der Waals surface area contributed by atoms with E-state index in [2.05, 4.69) is 33.1 Å². The average molecular weight is 231 g/mol. The van der Waals surface area contributed by atoms with Gasteiger partial charge in [0.1, 0.15) is 0 Å². The summed E-state index contributed by atoms with van der Waals surface area (Å²) in [6.45, 7) is 8.67. The van der Waals surface area contributed by atoms with Crippen molar-refractivity contribution in [3.63, 3.8) is 0 Å². The molecule has 15 heavy (non-hydrogen) atoms. The number of hydrogen-bond donors (Lipinski definition) is 2. The number of rotatable bonds is 4. The molecule has 0 aromatic heterocycles. The van der Waals surface area contributed by atoms with Crippen LogP contribution in [0.3, 0.4) is 0 Å². The zero-order valence-corrected chi connectivity index (χ0v) is 11.4. The summed E-state index contributed by atoms with van der Waals surface area (Å²) in [4.78, 5) is 0. The number of hydrogen-bond acceptors (Lipinski definition) is 3. The summed E-state index contributed by atoms with van der Waals surface area (Å²) in [6, 6.07) is 0.573. The quantitative estimate of drug-likeness (QED) is 0.778. The lowest BCUT2D eigenvalue weighted by molar-refractivity contribution is 0.196. The van der Waals surface area contributed by atoms with E-state index in [4.69, 9.17) is 0 Å². The first-order chi connectivity index (χ1) is 6.88. The lowest BCUT2D eigenvalue weighted by atomic mass is 9.87. The number of thioether (sulfide) groups is 1. The van der Waals surface area contributed by atoms with Crippen molar-refractivity contribution in [1.82, 2.24) is 5.32 Å². The smallest absolute Gasteiger partial charge is 0.0628 e. The zero-order valence-electron chi connectivity index (χ0n) is 10.6. The van der Waals surface area contributed by atoms with Crippen molar-refractivity contribution >= 4 is 11.8 Å². The molecule has 0 amide bonds. The Hall–Kier alpha value is 0.270. The standard InChI is InChI=1S/C12H25NOS/c1-8(14)9(2)15-10-6-7-12(3,4)11(10)13-5/h8-11,13-14H,6-7H2,1-5H3. The van der Waals surface area contributed by atoms with Gasteiger partial charge in [-0.3, -0.25) is 0 Å². The molecule has 0 aliphatic heterocycles. The van der Waals surface area contributed by atoms with Gasteiger partial charge in [0.2, 0.25) is 0 Å². The van der Waals surface area contributed by atoms with Gasteiger partial charge in [-0.25, -0.2) is 0 Å².